The molecule has 1 amide bonds. The van der Waals surface area contributed by atoms with Crippen molar-refractivity contribution >= 4 is 23.3 Å². The van der Waals surface area contributed by atoms with Gasteiger partial charge in [-0.2, -0.15) is 0 Å². The van der Waals surface area contributed by atoms with Gasteiger partial charge < -0.3 is 20.1 Å². The van der Waals surface area contributed by atoms with Gasteiger partial charge in [-0.3, -0.25) is 4.79 Å². The zero-order chi connectivity index (χ0) is 25.2. The lowest BCUT2D eigenvalue weighted by atomic mass is 10.0. The van der Waals surface area contributed by atoms with Gasteiger partial charge in [0.1, 0.15) is 18.4 Å². The summed E-state index contributed by atoms with van der Waals surface area (Å²) in [7, 11) is 1.35. The van der Waals surface area contributed by atoms with Gasteiger partial charge >= 0.3 is 5.97 Å². The molecule has 0 bridgehead atoms. The Morgan fingerprint density at radius 2 is 1.39 bits per heavy atom. The van der Waals surface area contributed by atoms with Crippen LogP contribution < -0.4 is 15.4 Å². The highest BCUT2D eigenvalue weighted by atomic mass is 16.5. The van der Waals surface area contributed by atoms with Gasteiger partial charge in [0.15, 0.2) is 0 Å². The standard InChI is InChI=1S/C30H28N2O4/c1-35-30(34)28(20-22-16-18-25(19-17-22)36-21-23-10-4-2-5-11-23)32-27-15-9-8-14-26(27)29(33)31-24-12-6-3-7-13-24/h2-19,28,32H,20-21H2,1H3,(H,31,33)/t28-/m0/s1. The van der Waals surface area contributed by atoms with E-state index in [2.05, 4.69) is 10.6 Å². The van der Waals surface area contributed by atoms with E-state index in [1.807, 2.05) is 91.0 Å². The lowest BCUT2D eigenvalue weighted by Crippen LogP contribution is -2.33. The van der Waals surface area contributed by atoms with Gasteiger partial charge in [0.25, 0.3) is 5.91 Å². The first kappa shape index (κ1) is 24.5. The Balaban J connectivity index is 1.44. The maximum atomic E-state index is 12.9. The molecule has 0 heterocycles. The zero-order valence-electron chi connectivity index (χ0n) is 20.0. The van der Waals surface area contributed by atoms with Crippen LogP contribution in [0.25, 0.3) is 0 Å². The summed E-state index contributed by atoms with van der Waals surface area (Å²) in [4.78, 5) is 25.5. The van der Waals surface area contributed by atoms with Crippen LogP contribution in [0.4, 0.5) is 11.4 Å². The highest BCUT2D eigenvalue weighted by molar-refractivity contribution is 6.08. The van der Waals surface area contributed by atoms with Crippen LogP contribution in [0.3, 0.4) is 0 Å². The van der Waals surface area contributed by atoms with Crippen LogP contribution in [-0.4, -0.2) is 25.0 Å². The molecule has 182 valence electrons. The number of rotatable bonds is 10. The summed E-state index contributed by atoms with van der Waals surface area (Å²) in [6.45, 7) is 0.481. The number of carbonyl (C=O) groups excluding carboxylic acids is 2. The fourth-order valence-corrected chi connectivity index (χ4v) is 3.75. The fraction of sp³-hybridized carbons (Fsp3) is 0.133. The summed E-state index contributed by atoms with van der Waals surface area (Å²) < 4.78 is 10.9. The van der Waals surface area contributed by atoms with Crippen LogP contribution in [0.2, 0.25) is 0 Å². The molecule has 36 heavy (non-hydrogen) atoms. The number of anilines is 2. The summed E-state index contributed by atoms with van der Waals surface area (Å²) in [6, 6.07) is 33.2. The average Bonchev–Trinajstić information content (AvgIpc) is 2.93. The van der Waals surface area contributed by atoms with Crippen molar-refractivity contribution in [3.63, 3.8) is 0 Å². The topological polar surface area (TPSA) is 76.7 Å². The number of methoxy groups -OCH3 is 1. The van der Waals surface area contributed by atoms with Gasteiger partial charge in [-0.1, -0.05) is 72.8 Å². The number of ether oxygens (including phenoxy) is 2. The number of esters is 1. The van der Waals surface area contributed by atoms with E-state index >= 15 is 0 Å². The van der Waals surface area contributed by atoms with Crippen LogP contribution in [0.1, 0.15) is 21.5 Å². The van der Waals surface area contributed by atoms with Gasteiger partial charge in [-0.25, -0.2) is 4.79 Å². The Bertz CT molecular complexity index is 1280. The third-order valence-electron chi connectivity index (χ3n) is 5.63. The third-order valence-corrected chi connectivity index (χ3v) is 5.63. The van der Waals surface area contributed by atoms with E-state index in [0.717, 1.165) is 16.9 Å². The second kappa shape index (κ2) is 12.2. The van der Waals surface area contributed by atoms with E-state index in [9.17, 15) is 9.59 Å². The predicted molar refractivity (Wildman–Crippen MR) is 141 cm³/mol. The summed E-state index contributed by atoms with van der Waals surface area (Å²) >= 11 is 0. The average molecular weight is 481 g/mol. The number of amides is 1. The maximum Gasteiger partial charge on any atom is 0.328 e. The number of hydrogen-bond donors (Lipinski definition) is 2. The smallest absolute Gasteiger partial charge is 0.328 e. The normalized spacial score (nSPS) is 11.2. The second-order valence-electron chi connectivity index (χ2n) is 8.21. The van der Waals surface area contributed by atoms with E-state index in [1.165, 1.54) is 7.11 Å². The molecule has 2 N–H and O–H groups in total. The van der Waals surface area contributed by atoms with E-state index in [4.69, 9.17) is 9.47 Å². The Labute approximate surface area is 210 Å². The fourth-order valence-electron chi connectivity index (χ4n) is 3.75. The summed E-state index contributed by atoms with van der Waals surface area (Å²) in [5.41, 5.74) is 3.68. The molecule has 0 radical (unpaired) electrons. The van der Waals surface area contributed by atoms with Crippen molar-refractivity contribution in [2.75, 3.05) is 17.7 Å². The van der Waals surface area contributed by atoms with Crippen molar-refractivity contribution in [2.24, 2.45) is 0 Å². The van der Waals surface area contributed by atoms with Gasteiger partial charge in [0.2, 0.25) is 0 Å². The minimum absolute atomic E-state index is 0.271. The molecule has 0 spiro atoms. The molecule has 4 aromatic rings. The monoisotopic (exact) mass is 480 g/mol. The van der Waals surface area contributed by atoms with Crippen molar-refractivity contribution in [3.8, 4) is 5.75 Å². The van der Waals surface area contributed by atoms with Gasteiger partial charge in [-0.05, 0) is 47.5 Å². The Kier molecular flexibility index (Phi) is 8.33. The van der Waals surface area contributed by atoms with E-state index in [-0.39, 0.29) is 5.91 Å². The highest BCUT2D eigenvalue weighted by Gasteiger charge is 2.22. The first-order valence-corrected chi connectivity index (χ1v) is 11.7. The Morgan fingerprint density at radius 3 is 2.08 bits per heavy atom. The first-order chi connectivity index (χ1) is 17.6. The highest BCUT2D eigenvalue weighted by Crippen LogP contribution is 2.21. The molecule has 0 saturated carbocycles. The van der Waals surface area contributed by atoms with E-state index in [1.54, 1.807) is 18.2 Å². The maximum absolute atomic E-state index is 12.9. The van der Waals surface area contributed by atoms with Crippen molar-refractivity contribution in [1.82, 2.24) is 0 Å². The predicted octanol–water partition coefficient (Wildman–Crippen LogP) is 5.71. The van der Waals surface area contributed by atoms with Crippen molar-refractivity contribution in [3.05, 3.63) is 126 Å². The largest absolute Gasteiger partial charge is 0.489 e. The number of nitrogens with one attached hydrogen (secondary N) is 2. The molecule has 6 heteroatoms. The van der Waals surface area contributed by atoms with Crippen LogP contribution in [0.15, 0.2) is 109 Å². The van der Waals surface area contributed by atoms with Gasteiger partial charge in [0.05, 0.1) is 12.7 Å². The Morgan fingerprint density at radius 1 is 0.750 bits per heavy atom. The minimum Gasteiger partial charge on any atom is -0.489 e. The summed E-state index contributed by atoms with van der Waals surface area (Å²) in [6.07, 6.45) is 0.375. The summed E-state index contributed by atoms with van der Waals surface area (Å²) in [5.74, 6) is 0.0543. The lowest BCUT2D eigenvalue weighted by molar-refractivity contribution is -0.141. The summed E-state index contributed by atoms with van der Waals surface area (Å²) in [5, 5.41) is 6.09. The SMILES string of the molecule is COC(=O)[C@H](Cc1ccc(OCc2ccccc2)cc1)Nc1ccccc1C(=O)Nc1ccccc1. The second-order valence-corrected chi connectivity index (χ2v) is 8.21. The molecule has 4 rings (SSSR count). The van der Waals surface area contributed by atoms with Crippen LogP contribution in [0, 0.1) is 0 Å². The van der Waals surface area contributed by atoms with Crippen molar-refractivity contribution in [1.29, 1.82) is 0 Å². The molecule has 4 aromatic carbocycles. The van der Waals surface area contributed by atoms with Crippen LogP contribution in [0.5, 0.6) is 5.75 Å². The molecule has 0 saturated heterocycles. The molecule has 0 aromatic heterocycles. The quantitative estimate of drug-likeness (QED) is 0.284. The number of para-hydroxylation sites is 2. The molecule has 0 aliphatic rings. The molecule has 6 nitrogen and oxygen atoms in total. The zero-order valence-corrected chi connectivity index (χ0v) is 20.0. The van der Waals surface area contributed by atoms with Gasteiger partial charge in [-0.15, -0.1) is 0 Å². The van der Waals surface area contributed by atoms with Crippen molar-refractivity contribution < 1.29 is 19.1 Å². The molecule has 0 aliphatic heterocycles. The van der Waals surface area contributed by atoms with E-state index < -0.39 is 12.0 Å². The van der Waals surface area contributed by atoms with Crippen molar-refractivity contribution in [2.45, 2.75) is 19.1 Å². The Hall–Kier alpha value is -4.58. The molecule has 0 fully saturated rings. The van der Waals surface area contributed by atoms with Crippen LogP contribution in [-0.2, 0) is 22.6 Å². The van der Waals surface area contributed by atoms with Gasteiger partial charge in [0, 0.05) is 17.8 Å². The van der Waals surface area contributed by atoms with Crippen LogP contribution >= 0.6 is 0 Å². The molecular formula is C30H28N2O4. The lowest BCUT2D eigenvalue weighted by Gasteiger charge is -2.20. The number of hydrogen-bond acceptors (Lipinski definition) is 5. The number of carbonyl (C=O) groups is 2. The molecule has 0 unspecified atom stereocenters. The molecule has 1 atom stereocenters. The molecule has 0 aliphatic carbocycles. The minimum atomic E-state index is -0.684. The first-order valence-electron chi connectivity index (χ1n) is 11.7. The third kappa shape index (κ3) is 6.73. The van der Waals surface area contributed by atoms with E-state index in [0.29, 0.717) is 30.0 Å². The number of benzene rings is 4. The molecular weight excluding hydrogens is 452 g/mol.